The number of benzene rings is 2. The summed E-state index contributed by atoms with van der Waals surface area (Å²) in [7, 11) is 0. The molecule has 2 aromatic carbocycles. The van der Waals surface area contributed by atoms with E-state index in [1.807, 2.05) is 67.3 Å². The van der Waals surface area contributed by atoms with Gasteiger partial charge in [0.1, 0.15) is 0 Å². The summed E-state index contributed by atoms with van der Waals surface area (Å²) in [5.41, 5.74) is 2.61. The Bertz CT molecular complexity index is 867. The summed E-state index contributed by atoms with van der Waals surface area (Å²) in [6.07, 6.45) is 0.887. The summed E-state index contributed by atoms with van der Waals surface area (Å²) < 4.78 is 0. The van der Waals surface area contributed by atoms with Crippen molar-refractivity contribution in [2.45, 2.75) is 39.3 Å². The van der Waals surface area contributed by atoms with E-state index in [0.29, 0.717) is 36.0 Å². The summed E-state index contributed by atoms with van der Waals surface area (Å²) in [5.74, 6) is 0.366. The Morgan fingerprint density at radius 3 is 2.50 bits per heavy atom. The molecule has 1 amide bonds. The first-order valence-electron chi connectivity index (χ1n) is 9.42. The largest absolute Gasteiger partial charge is 0.390 e. The van der Waals surface area contributed by atoms with Gasteiger partial charge in [-0.1, -0.05) is 78.6 Å². The fourth-order valence-corrected chi connectivity index (χ4v) is 3.63. The molecule has 6 heteroatoms. The van der Waals surface area contributed by atoms with Crippen molar-refractivity contribution in [3.63, 3.8) is 0 Å². The zero-order valence-electron chi connectivity index (χ0n) is 16.1. The van der Waals surface area contributed by atoms with Gasteiger partial charge in [0, 0.05) is 35.0 Å². The van der Waals surface area contributed by atoms with E-state index in [2.05, 4.69) is 5.16 Å². The average Bonchev–Trinajstić information content (AvgIpc) is 3.11. The smallest absolute Gasteiger partial charge is 0.223 e. The Hall–Kier alpha value is -2.04. The van der Waals surface area contributed by atoms with Crippen molar-refractivity contribution < 1.29 is 9.63 Å². The van der Waals surface area contributed by atoms with Crippen LogP contribution < -0.4 is 0 Å². The van der Waals surface area contributed by atoms with E-state index in [1.165, 1.54) is 0 Å². The van der Waals surface area contributed by atoms with E-state index >= 15 is 0 Å². The molecule has 2 aromatic rings. The number of halogens is 2. The number of hydrogen-bond acceptors (Lipinski definition) is 3. The zero-order chi connectivity index (χ0) is 20.1. The standard InChI is InChI=1S/C22H24Cl2N2O2/c1-15(2)11-22(27)26(13-16-7-3-5-9-19(16)23)14-17-12-21(25-28-17)18-8-4-6-10-20(18)24/h3-10,15,17H,11-14H2,1-2H3. The first-order chi connectivity index (χ1) is 13.4. The maximum absolute atomic E-state index is 12.8. The van der Waals surface area contributed by atoms with Crippen LogP contribution in [-0.4, -0.2) is 29.2 Å². The van der Waals surface area contributed by atoms with Crippen LogP contribution in [-0.2, 0) is 16.2 Å². The molecule has 1 atom stereocenters. The zero-order valence-corrected chi connectivity index (χ0v) is 17.6. The van der Waals surface area contributed by atoms with Crippen molar-refractivity contribution in [2.24, 2.45) is 11.1 Å². The number of nitrogens with zero attached hydrogens (tertiary/aromatic N) is 2. The van der Waals surface area contributed by atoms with Crippen molar-refractivity contribution >= 4 is 34.8 Å². The monoisotopic (exact) mass is 418 g/mol. The van der Waals surface area contributed by atoms with Gasteiger partial charge in [0.25, 0.3) is 0 Å². The van der Waals surface area contributed by atoms with Crippen LogP contribution in [0.15, 0.2) is 53.7 Å². The molecule has 0 spiro atoms. The van der Waals surface area contributed by atoms with Crippen LogP contribution >= 0.6 is 23.2 Å². The number of rotatable bonds is 7. The molecule has 1 aliphatic rings. The van der Waals surface area contributed by atoms with Gasteiger partial charge in [-0.3, -0.25) is 4.79 Å². The highest BCUT2D eigenvalue weighted by atomic mass is 35.5. The molecule has 148 valence electrons. The Morgan fingerprint density at radius 1 is 1.14 bits per heavy atom. The van der Waals surface area contributed by atoms with E-state index in [1.54, 1.807) is 0 Å². The SMILES string of the molecule is CC(C)CC(=O)N(Cc1ccccc1Cl)CC1CC(c2ccccc2Cl)=NO1. The molecule has 0 aliphatic carbocycles. The minimum absolute atomic E-state index is 0.0877. The average molecular weight is 419 g/mol. The topological polar surface area (TPSA) is 41.9 Å². The molecule has 0 fully saturated rings. The van der Waals surface area contributed by atoms with Crippen LogP contribution in [0.4, 0.5) is 0 Å². The molecule has 0 saturated heterocycles. The fraction of sp³-hybridized carbons (Fsp3) is 0.364. The minimum Gasteiger partial charge on any atom is -0.390 e. The van der Waals surface area contributed by atoms with Crippen LogP contribution in [0, 0.1) is 5.92 Å². The second-order valence-corrected chi connectivity index (χ2v) is 8.23. The molecule has 0 bridgehead atoms. The van der Waals surface area contributed by atoms with Crippen LogP contribution in [0.1, 0.15) is 37.8 Å². The molecule has 1 heterocycles. The lowest BCUT2D eigenvalue weighted by Crippen LogP contribution is -2.37. The van der Waals surface area contributed by atoms with Crippen molar-refractivity contribution in [3.8, 4) is 0 Å². The van der Waals surface area contributed by atoms with Crippen molar-refractivity contribution in [1.29, 1.82) is 0 Å². The van der Waals surface area contributed by atoms with E-state index in [4.69, 9.17) is 28.0 Å². The van der Waals surface area contributed by atoms with Crippen LogP contribution in [0.3, 0.4) is 0 Å². The number of amides is 1. The first kappa shape index (κ1) is 20.7. The molecule has 1 aliphatic heterocycles. The van der Waals surface area contributed by atoms with Crippen molar-refractivity contribution in [3.05, 3.63) is 69.7 Å². The summed E-state index contributed by atoms with van der Waals surface area (Å²) >= 11 is 12.6. The van der Waals surface area contributed by atoms with Crippen LogP contribution in [0.2, 0.25) is 10.0 Å². The molecule has 28 heavy (non-hydrogen) atoms. The highest BCUT2D eigenvalue weighted by molar-refractivity contribution is 6.34. The van der Waals surface area contributed by atoms with Crippen molar-refractivity contribution in [2.75, 3.05) is 6.54 Å². The lowest BCUT2D eigenvalue weighted by molar-refractivity contribution is -0.134. The van der Waals surface area contributed by atoms with E-state index < -0.39 is 0 Å². The number of carbonyl (C=O) groups is 1. The Balaban J connectivity index is 1.71. The number of carbonyl (C=O) groups excluding carboxylic acids is 1. The Morgan fingerprint density at radius 2 is 1.82 bits per heavy atom. The maximum atomic E-state index is 12.8. The van der Waals surface area contributed by atoms with E-state index in [-0.39, 0.29) is 17.9 Å². The van der Waals surface area contributed by atoms with Gasteiger partial charge < -0.3 is 9.74 Å². The molecule has 4 nitrogen and oxygen atoms in total. The minimum atomic E-state index is -0.204. The van der Waals surface area contributed by atoms with Gasteiger partial charge in [0.05, 0.1) is 12.3 Å². The van der Waals surface area contributed by atoms with Gasteiger partial charge in [-0.15, -0.1) is 0 Å². The molecule has 0 saturated carbocycles. The van der Waals surface area contributed by atoms with Gasteiger partial charge in [0.15, 0.2) is 6.10 Å². The first-order valence-corrected chi connectivity index (χ1v) is 10.2. The van der Waals surface area contributed by atoms with Gasteiger partial charge >= 0.3 is 0 Å². The lowest BCUT2D eigenvalue weighted by atomic mass is 10.0. The van der Waals surface area contributed by atoms with Gasteiger partial charge in [-0.2, -0.15) is 0 Å². The van der Waals surface area contributed by atoms with Crippen LogP contribution in [0.25, 0.3) is 0 Å². The molecule has 3 rings (SSSR count). The molecular weight excluding hydrogens is 395 g/mol. The Labute approximate surface area is 176 Å². The van der Waals surface area contributed by atoms with E-state index in [9.17, 15) is 4.79 Å². The number of oxime groups is 1. The number of hydrogen-bond donors (Lipinski definition) is 0. The third kappa shape index (κ3) is 5.27. The summed E-state index contributed by atoms with van der Waals surface area (Å²) in [5, 5.41) is 5.52. The molecule has 0 N–H and O–H groups in total. The van der Waals surface area contributed by atoms with Gasteiger partial charge in [0.2, 0.25) is 5.91 Å². The second kappa shape index (κ2) is 9.44. The van der Waals surface area contributed by atoms with Gasteiger partial charge in [-0.25, -0.2) is 0 Å². The normalized spacial score (nSPS) is 16.0. The maximum Gasteiger partial charge on any atom is 0.223 e. The summed E-state index contributed by atoms with van der Waals surface area (Å²) in [6, 6.07) is 15.2. The highest BCUT2D eigenvalue weighted by Crippen LogP contribution is 2.25. The molecule has 0 radical (unpaired) electrons. The lowest BCUT2D eigenvalue weighted by Gasteiger charge is -2.26. The molecule has 0 aromatic heterocycles. The highest BCUT2D eigenvalue weighted by Gasteiger charge is 2.28. The van der Waals surface area contributed by atoms with Gasteiger partial charge in [-0.05, 0) is 23.6 Å². The quantitative estimate of drug-likeness (QED) is 0.590. The molecular formula is C22H24Cl2N2O2. The predicted molar refractivity (Wildman–Crippen MR) is 114 cm³/mol. The third-order valence-corrected chi connectivity index (χ3v) is 5.29. The molecule has 1 unspecified atom stereocenters. The predicted octanol–water partition coefficient (Wildman–Crippen LogP) is 5.56. The summed E-state index contributed by atoms with van der Waals surface area (Å²) in [6.45, 7) is 4.98. The third-order valence-electron chi connectivity index (χ3n) is 4.60. The Kier molecular flexibility index (Phi) is 6.97. The van der Waals surface area contributed by atoms with Crippen molar-refractivity contribution in [1.82, 2.24) is 4.90 Å². The fourth-order valence-electron chi connectivity index (χ4n) is 3.19. The van der Waals surface area contributed by atoms with E-state index in [0.717, 1.165) is 16.8 Å². The van der Waals surface area contributed by atoms with Crippen LogP contribution in [0.5, 0.6) is 0 Å². The second-order valence-electron chi connectivity index (χ2n) is 7.41. The summed E-state index contributed by atoms with van der Waals surface area (Å²) in [4.78, 5) is 20.3.